The van der Waals surface area contributed by atoms with Crippen LogP contribution in [0.3, 0.4) is 0 Å². The average molecular weight is 449 g/mol. The highest BCUT2D eigenvalue weighted by molar-refractivity contribution is 6.02. The summed E-state index contributed by atoms with van der Waals surface area (Å²) in [6, 6.07) is 31.5. The fraction of sp³-hybridized carbons (Fsp3) is 0.133. The van der Waals surface area contributed by atoms with Gasteiger partial charge < -0.3 is 9.47 Å². The minimum Gasteiger partial charge on any atom is -0.461 e. The largest absolute Gasteiger partial charge is 0.461 e. The molecular formula is C30H24O4. The van der Waals surface area contributed by atoms with Gasteiger partial charge in [-0.05, 0) is 57.4 Å². The molecule has 1 atom stereocenters. The summed E-state index contributed by atoms with van der Waals surface area (Å²) in [5, 5.41) is 6.34. The zero-order valence-corrected chi connectivity index (χ0v) is 18.9. The van der Waals surface area contributed by atoms with Crippen molar-refractivity contribution in [2.45, 2.75) is 26.1 Å². The van der Waals surface area contributed by atoms with Crippen LogP contribution in [-0.4, -0.2) is 18.0 Å². The van der Waals surface area contributed by atoms with Crippen molar-refractivity contribution in [3.8, 4) is 0 Å². The van der Waals surface area contributed by atoms with E-state index in [0.29, 0.717) is 5.56 Å². The molecule has 0 heterocycles. The number of hydrogen-bond acceptors (Lipinski definition) is 4. The third-order valence-electron chi connectivity index (χ3n) is 6.01. The Bertz CT molecular complexity index is 1460. The minimum atomic E-state index is -0.601. The average Bonchev–Trinajstić information content (AvgIpc) is 2.86. The number of ether oxygens (including phenoxy) is 2. The molecule has 0 saturated carbocycles. The van der Waals surface area contributed by atoms with Gasteiger partial charge in [0.25, 0.3) is 0 Å². The zero-order valence-electron chi connectivity index (χ0n) is 18.9. The van der Waals surface area contributed by atoms with Crippen LogP contribution in [0.5, 0.6) is 0 Å². The molecule has 168 valence electrons. The number of benzene rings is 5. The zero-order chi connectivity index (χ0) is 23.5. The minimum absolute atomic E-state index is 0.0119. The van der Waals surface area contributed by atoms with E-state index in [2.05, 4.69) is 18.2 Å². The van der Waals surface area contributed by atoms with Gasteiger partial charge in [0.05, 0.1) is 12.0 Å². The Balaban J connectivity index is 1.25. The van der Waals surface area contributed by atoms with E-state index in [1.807, 2.05) is 66.7 Å². The van der Waals surface area contributed by atoms with Gasteiger partial charge >= 0.3 is 11.9 Å². The molecule has 34 heavy (non-hydrogen) atoms. The molecule has 5 rings (SSSR count). The highest BCUT2D eigenvalue weighted by Gasteiger charge is 2.17. The second-order valence-electron chi connectivity index (χ2n) is 8.44. The van der Waals surface area contributed by atoms with Gasteiger partial charge in [0.15, 0.2) is 0 Å². The van der Waals surface area contributed by atoms with Crippen molar-refractivity contribution >= 4 is 44.3 Å². The van der Waals surface area contributed by atoms with Crippen LogP contribution in [0.25, 0.3) is 32.3 Å². The first-order chi connectivity index (χ1) is 16.6. The number of fused-ring (bicyclic) bond motifs is 3. The molecule has 4 nitrogen and oxygen atoms in total. The van der Waals surface area contributed by atoms with Crippen LogP contribution in [0.4, 0.5) is 0 Å². The number of esters is 2. The molecule has 0 bridgehead atoms. The number of carbonyl (C=O) groups excluding carboxylic acids is 2. The molecule has 4 heteroatoms. The Hall–Kier alpha value is -4.18. The van der Waals surface area contributed by atoms with Crippen LogP contribution < -0.4 is 0 Å². The number of rotatable bonds is 6. The maximum atomic E-state index is 12.6. The van der Waals surface area contributed by atoms with Crippen LogP contribution >= 0.6 is 0 Å². The molecule has 0 amide bonds. The van der Waals surface area contributed by atoms with Gasteiger partial charge in [-0.25, -0.2) is 4.79 Å². The van der Waals surface area contributed by atoms with Gasteiger partial charge in [0.2, 0.25) is 0 Å². The molecule has 0 N–H and O–H groups in total. The van der Waals surface area contributed by atoms with Crippen LogP contribution in [-0.2, 0) is 20.9 Å². The summed E-state index contributed by atoms with van der Waals surface area (Å²) in [5.41, 5.74) is 1.43. The molecule has 5 aromatic rings. The first-order valence-corrected chi connectivity index (χ1v) is 11.3. The van der Waals surface area contributed by atoms with Crippen molar-refractivity contribution < 1.29 is 19.1 Å². The van der Waals surface area contributed by atoms with Gasteiger partial charge in [-0.15, -0.1) is 0 Å². The molecule has 0 unspecified atom stereocenters. The fourth-order valence-corrected chi connectivity index (χ4v) is 4.32. The number of carbonyl (C=O) groups is 2. The van der Waals surface area contributed by atoms with Crippen LogP contribution in [0, 0.1) is 0 Å². The van der Waals surface area contributed by atoms with Crippen LogP contribution in [0.1, 0.15) is 29.3 Å². The molecule has 0 aromatic heterocycles. The Kier molecular flexibility index (Phi) is 5.96. The second-order valence-corrected chi connectivity index (χ2v) is 8.44. The Morgan fingerprint density at radius 3 is 1.97 bits per heavy atom. The molecule has 0 fully saturated rings. The van der Waals surface area contributed by atoms with Gasteiger partial charge in [0.1, 0.15) is 12.7 Å². The lowest BCUT2D eigenvalue weighted by Crippen LogP contribution is -2.20. The maximum Gasteiger partial charge on any atom is 0.338 e. The second kappa shape index (κ2) is 9.36. The summed E-state index contributed by atoms with van der Waals surface area (Å²) < 4.78 is 11.1. The van der Waals surface area contributed by atoms with E-state index in [-0.39, 0.29) is 13.0 Å². The van der Waals surface area contributed by atoms with E-state index in [1.165, 1.54) is 0 Å². The summed E-state index contributed by atoms with van der Waals surface area (Å²) in [6.45, 7) is 1.86. The lowest BCUT2D eigenvalue weighted by Gasteiger charge is -2.15. The van der Waals surface area contributed by atoms with E-state index >= 15 is 0 Å². The lowest BCUT2D eigenvalue weighted by atomic mass is 9.97. The lowest BCUT2D eigenvalue weighted by molar-refractivity contribution is -0.146. The summed E-state index contributed by atoms with van der Waals surface area (Å²) in [4.78, 5) is 25.2. The number of hydrogen-bond donors (Lipinski definition) is 0. The smallest absolute Gasteiger partial charge is 0.338 e. The molecule has 0 spiro atoms. The highest BCUT2D eigenvalue weighted by Crippen LogP contribution is 2.29. The topological polar surface area (TPSA) is 52.6 Å². The third-order valence-corrected chi connectivity index (χ3v) is 6.01. The fourth-order valence-electron chi connectivity index (χ4n) is 4.32. The summed E-state index contributed by atoms with van der Waals surface area (Å²) in [6.07, 6.45) is -0.613. The van der Waals surface area contributed by atoms with E-state index in [1.54, 1.807) is 19.1 Å². The molecule has 0 radical (unpaired) electrons. The monoisotopic (exact) mass is 448 g/mol. The predicted molar refractivity (Wildman–Crippen MR) is 135 cm³/mol. The highest BCUT2D eigenvalue weighted by atomic mass is 16.6. The van der Waals surface area contributed by atoms with Crippen molar-refractivity contribution in [1.82, 2.24) is 0 Å². The first-order valence-electron chi connectivity index (χ1n) is 11.3. The van der Waals surface area contributed by atoms with E-state index in [0.717, 1.165) is 37.9 Å². The van der Waals surface area contributed by atoms with E-state index < -0.39 is 18.0 Å². The van der Waals surface area contributed by atoms with E-state index in [4.69, 9.17) is 9.47 Å². The normalized spacial score (nSPS) is 12.0. The maximum absolute atomic E-state index is 12.6. The van der Waals surface area contributed by atoms with Crippen molar-refractivity contribution in [2.24, 2.45) is 0 Å². The molecular weight excluding hydrogens is 424 g/mol. The van der Waals surface area contributed by atoms with Gasteiger partial charge in [0, 0.05) is 5.56 Å². The SMILES string of the molecule is C[C@H](CC(=O)OCc1c2ccccc2cc2ccccc12)OC(=O)c1ccc2ccccc2c1. The Morgan fingerprint density at radius 1 is 0.706 bits per heavy atom. The van der Waals surface area contributed by atoms with Crippen LogP contribution in [0.15, 0.2) is 97.1 Å². The molecule has 0 aliphatic rings. The molecule has 5 aromatic carbocycles. The van der Waals surface area contributed by atoms with E-state index in [9.17, 15) is 9.59 Å². The first kappa shape index (κ1) is 21.7. The molecule has 0 aliphatic carbocycles. The molecule has 0 saturated heterocycles. The van der Waals surface area contributed by atoms with Gasteiger partial charge in [-0.2, -0.15) is 0 Å². The summed E-state index contributed by atoms with van der Waals surface area (Å²) in [5.74, 6) is -0.859. The quantitative estimate of drug-likeness (QED) is 0.211. The van der Waals surface area contributed by atoms with Gasteiger partial charge in [-0.3, -0.25) is 4.79 Å². The van der Waals surface area contributed by atoms with Crippen molar-refractivity contribution in [1.29, 1.82) is 0 Å². The molecule has 0 aliphatic heterocycles. The van der Waals surface area contributed by atoms with Crippen LogP contribution in [0.2, 0.25) is 0 Å². The van der Waals surface area contributed by atoms with Crippen molar-refractivity contribution in [2.75, 3.05) is 0 Å². The standard InChI is InChI=1S/C30H24O4/c1-20(34-30(32)25-15-14-21-8-2-3-9-22(21)17-25)16-29(31)33-19-28-26-12-6-4-10-23(26)18-24-11-5-7-13-27(24)28/h2-15,17-18,20H,16,19H2,1H3/t20-/m1/s1. The summed E-state index contributed by atoms with van der Waals surface area (Å²) in [7, 11) is 0. The third kappa shape index (κ3) is 4.48. The van der Waals surface area contributed by atoms with Crippen molar-refractivity contribution in [3.63, 3.8) is 0 Å². The van der Waals surface area contributed by atoms with Gasteiger partial charge in [-0.1, -0.05) is 78.9 Å². The Labute approximate surface area is 197 Å². The van der Waals surface area contributed by atoms with Crippen molar-refractivity contribution in [3.05, 3.63) is 108 Å². The Morgan fingerprint density at radius 2 is 1.29 bits per heavy atom. The summed E-state index contributed by atoms with van der Waals surface area (Å²) >= 11 is 0. The predicted octanol–water partition coefficient (Wildman–Crippen LogP) is 6.83.